The zero-order valence-electron chi connectivity index (χ0n) is 16.0. The summed E-state index contributed by atoms with van der Waals surface area (Å²) in [4.78, 5) is 15.9. The molecular formula is C22H24FN5. The highest BCUT2D eigenvalue weighted by Gasteiger charge is 2.24. The molecule has 1 aliphatic heterocycles. The number of aromatic nitrogens is 3. The van der Waals surface area contributed by atoms with E-state index < -0.39 is 0 Å². The van der Waals surface area contributed by atoms with E-state index in [1.807, 2.05) is 31.3 Å². The number of benzene rings is 1. The van der Waals surface area contributed by atoms with Gasteiger partial charge in [0.2, 0.25) is 0 Å². The van der Waals surface area contributed by atoms with Crippen LogP contribution in [0.15, 0.2) is 54.9 Å². The second kappa shape index (κ2) is 8.44. The molecule has 0 radical (unpaired) electrons. The topological polar surface area (TPSA) is 53.9 Å². The minimum atomic E-state index is -0.178. The maximum absolute atomic E-state index is 13.5. The van der Waals surface area contributed by atoms with Gasteiger partial charge in [-0.25, -0.2) is 14.4 Å². The zero-order chi connectivity index (χ0) is 19.3. The summed E-state index contributed by atoms with van der Waals surface area (Å²) in [5, 5.41) is 3.15. The van der Waals surface area contributed by atoms with Crippen LogP contribution in [0.3, 0.4) is 0 Å². The normalized spacial score (nSPS) is 17.4. The van der Waals surface area contributed by atoms with Crippen LogP contribution in [0.25, 0.3) is 11.4 Å². The van der Waals surface area contributed by atoms with Crippen LogP contribution in [0, 0.1) is 5.82 Å². The van der Waals surface area contributed by atoms with Crippen LogP contribution in [0.4, 0.5) is 10.2 Å². The van der Waals surface area contributed by atoms with Crippen LogP contribution in [0.5, 0.6) is 0 Å². The quantitative estimate of drug-likeness (QED) is 0.726. The Hall–Kier alpha value is -2.86. The Bertz CT molecular complexity index is 931. The number of nitrogens with one attached hydrogen (secondary N) is 1. The summed E-state index contributed by atoms with van der Waals surface area (Å²) in [5.41, 5.74) is 3.02. The number of anilines is 1. The Morgan fingerprint density at radius 3 is 2.79 bits per heavy atom. The molecule has 1 saturated heterocycles. The lowest BCUT2D eigenvalue weighted by atomic mass is 9.94. The molecule has 1 aliphatic rings. The largest absolute Gasteiger partial charge is 0.373 e. The van der Waals surface area contributed by atoms with Crippen molar-refractivity contribution in [2.24, 2.45) is 0 Å². The van der Waals surface area contributed by atoms with E-state index in [0.717, 1.165) is 55.1 Å². The first kappa shape index (κ1) is 18.5. The Morgan fingerprint density at radius 1 is 1.14 bits per heavy atom. The maximum atomic E-state index is 13.5. The predicted octanol–water partition coefficient (Wildman–Crippen LogP) is 4.10. The van der Waals surface area contributed by atoms with Crippen molar-refractivity contribution < 1.29 is 4.39 Å². The van der Waals surface area contributed by atoms with E-state index in [1.165, 1.54) is 6.07 Å². The minimum absolute atomic E-state index is 0.178. The van der Waals surface area contributed by atoms with Crippen LogP contribution in [-0.4, -0.2) is 40.0 Å². The summed E-state index contributed by atoms with van der Waals surface area (Å²) in [6.07, 6.45) is 5.70. The summed E-state index contributed by atoms with van der Waals surface area (Å²) in [6, 6.07) is 12.8. The van der Waals surface area contributed by atoms with E-state index in [1.54, 1.807) is 24.5 Å². The molecule has 5 nitrogen and oxygen atoms in total. The molecule has 1 atom stereocenters. The summed E-state index contributed by atoms with van der Waals surface area (Å²) < 4.78 is 13.5. The number of halogens is 1. The zero-order valence-corrected chi connectivity index (χ0v) is 16.0. The molecule has 1 N–H and O–H groups in total. The summed E-state index contributed by atoms with van der Waals surface area (Å²) in [7, 11) is 1.87. The van der Waals surface area contributed by atoms with Gasteiger partial charge >= 0.3 is 0 Å². The van der Waals surface area contributed by atoms with Gasteiger partial charge < -0.3 is 5.32 Å². The van der Waals surface area contributed by atoms with E-state index in [0.29, 0.717) is 11.7 Å². The molecule has 0 spiro atoms. The molecule has 1 unspecified atom stereocenters. The lowest BCUT2D eigenvalue weighted by molar-refractivity contribution is 0.198. The van der Waals surface area contributed by atoms with Gasteiger partial charge in [0.25, 0.3) is 0 Å². The predicted molar refractivity (Wildman–Crippen MR) is 108 cm³/mol. The van der Waals surface area contributed by atoms with Gasteiger partial charge in [0.1, 0.15) is 11.6 Å². The Kier molecular flexibility index (Phi) is 5.58. The smallest absolute Gasteiger partial charge is 0.161 e. The Labute approximate surface area is 164 Å². The third-order valence-corrected chi connectivity index (χ3v) is 5.16. The van der Waals surface area contributed by atoms with E-state index in [4.69, 9.17) is 4.98 Å². The number of hydrogen-bond donors (Lipinski definition) is 1. The molecular weight excluding hydrogens is 353 g/mol. The van der Waals surface area contributed by atoms with Crippen molar-refractivity contribution in [1.29, 1.82) is 0 Å². The fraction of sp³-hybridized carbons (Fsp3) is 0.318. The number of hydrogen-bond acceptors (Lipinski definition) is 5. The molecule has 1 aromatic carbocycles. The fourth-order valence-corrected chi connectivity index (χ4v) is 3.77. The van der Waals surface area contributed by atoms with Crippen molar-refractivity contribution in [3.8, 4) is 11.4 Å². The first-order valence-corrected chi connectivity index (χ1v) is 9.65. The Morgan fingerprint density at radius 2 is 2.00 bits per heavy atom. The summed E-state index contributed by atoms with van der Waals surface area (Å²) in [6.45, 7) is 2.69. The van der Waals surface area contributed by atoms with E-state index in [9.17, 15) is 4.39 Å². The first-order valence-electron chi connectivity index (χ1n) is 9.65. The van der Waals surface area contributed by atoms with Crippen molar-refractivity contribution in [3.63, 3.8) is 0 Å². The third-order valence-electron chi connectivity index (χ3n) is 5.16. The maximum Gasteiger partial charge on any atom is 0.161 e. The molecule has 4 rings (SSSR count). The van der Waals surface area contributed by atoms with E-state index in [-0.39, 0.29) is 5.82 Å². The molecule has 3 heterocycles. The molecule has 144 valence electrons. The molecule has 1 fully saturated rings. The molecule has 0 aliphatic carbocycles. The highest BCUT2D eigenvalue weighted by molar-refractivity contribution is 5.57. The highest BCUT2D eigenvalue weighted by Crippen LogP contribution is 2.29. The minimum Gasteiger partial charge on any atom is -0.373 e. The van der Waals surface area contributed by atoms with Crippen molar-refractivity contribution in [1.82, 2.24) is 19.9 Å². The van der Waals surface area contributed by atoms with E-state index in [2.05, 4.69) is 20.2 Å². The van der Waals surface area contributed by atoms with Gasteiger partial charge in [0.05, 0.1) is 5.69 Å². The number of likely N-dealkylation sites (tertiary alicyclic amines) is 1. The third kappa shape index (κ3) is 4.34. The lowest BCUT2D eigenvalue weighted by Gasteiger charge is -2.32. The van der Waals surface area contributed by atoms with Crippen LogP contribution < -0.4 is 5.32 Å². The van der Waals surface area contributed by atoms with Gasteiger partial charge in [-0.2, -0.15) is 0 Å². The van der Waals surface area contributed by atoms with Crippen LogP contribution in [0.1, 0.15) is 30.0 Å². The van der Waals surface area contributed by atoms with E-state index >= 15 is 0 Å². The van der Waals surface area contributed by atoms with Crippen molar-refractivity contribution in [2.75, 3.05) is 25.5 Å². The second-order valence-electron chi connectivity index (χ2n) is 7.19. The van der Waals surface area contributed by atoms with Crippen molar-refractivity contribution >= 4 is 5.82 Å². The van der Waals surface area contributed by atoms with Crippen molar-refractivity contribution in [3.05, 3.63) is 71.9 Å². The van der Waals surface area contributed by atoms with Crippen LogP contribution in [0.2, 0.25) is 0 Å². The fourth-order valence-electron chi connectivity index (χ4n) is 3.77. The van der Waals surface area contributed by atoms with Crippen molar-refractivity contribution in [2.45, 2.75) is 25.3 Å². The van der Waals surface area contributed by atoms with Gasteiger partial charge in [-0.3, -0.25) is 9.88 Å². The van der Waals surface area contributed by atoms with Gasteiger partial charge in [-0.05, 0) is 49.2 Å². The standard InChI is InChI=1S/C22H24FN5/c1-24-21-13-20(26-22(27-21)17-7-9-25-10-8-17)18-5-3-11-28(15-18)14-16-4-2-6-19(23)12-16/h2,4,6-10,12-13,18H,3,5,11,14-15H2,1H3,(H,24,26,27). The van der Waals surface area contributed by atoms with Gasteiger partial charge in [0, 0.05) is 50.1 Å². The van der Waals surface area contributed by atoms with Gasteiger partial charge in [-0.15, -0.1) is 0 Å². The van der Waals surface area contributed by atoms with Crippen LogP contribution >= 0.6 is 0 Å². The average molecular weight is 377 g/mol. The lowest BCUT2D eigenvalue weighted by Crippen LogP contribution is -2.34. The highest BCUT2D eigenvalue weighted by atomic mass is 19.1. The van der Waals surface area contributed by atoms with Gasteiger partial charge in [0.15, 0.2) is 5.82 Å². The molecule has 0 amide bonds. The molecule has 0 bridgehead atoms. The average Bonchev–Trinajstić information content (AvgIpc) is 2.74. The molecule has 6 heteroatoms. The summed E-state index contributed by atoms with van der Waals surface area (Å²) >= 11 is 0. The monoisotopic (exact) mass is 377 g/mol. The molecule has 28 heavy (non-hydrogen) atoms. The Balaban J connectivity index is 1.56. The van der Waals surface area contributed by atoms with Crippen LogP contribution in [-0.2, 0) is 6.54 Å². The SMILES string of the molecule is CNc1cc(C2CCCN(Cc3cccc(F)c3)C2)nc(-c2ccncc2)n1. The second-order valence-corrected chi connectivity index (χ2v) is 7.19. The molecule has 2 aromatic heterocycles. The number of rotatable bonds is 5. The van der Waals surface area contributed by atoms with Gasteiger partial charge in [-0.1, -0.05) is 12.1 Å². The summed E-state index contributed by atoms with van der Waals surface area (Å²) in [5.74, 6) is 1.69. The molecule has 0 saturated carbocycles. The first-order chi connectivity index (χ1) is 13.7. The molecule has 3 aromatic rings. The number of nitrogens with zero attached hydrogens (tertiary/aromatic N) is 4. The number of pyridine rings is 1. The number of piperidine rings is 1.